The molecule has 0 saturated heterocycles. The fourth-order valence-electron chi connectivity index (χ4n) is 3.07. The number of hydrogen-bond donors (Lipinski definition) is 4. The first-order chi connectivity index (χ1) is 13.2. The highest BCUT2D eigenvalue weighted by atomic mass is 16.3. The number of carbonyl (C=O) groups excluding carboxylic acids is 2. The minimum absolute atomic E-state index is 0.236. The van der Waals surface area contributed by atoms with Crippen LogP contribution in [0.3, 0.4) is 0 Å². The van der Waals surface area contributed by atoms with Gasteiger partial charge in [-0.2, -0.15) is 0 Å². The Morgan fingerprint density at radius 3 is 1.04 bits per heavy atom. The van der Waals surface area contributed by atoms with Gasteiger partial charge in [-0.1, -0.05) is 0 Å². The van der Waals surface area contributed by atoms with Crippen molar-refractivity contribution < 1.29 is 30.0 Å². The minimum atomic E-state index is -0.470. The van der Waals surface area contributed by atoms with Crippen molar-refractivity contribution in [1.82, 2.24) is 9.80 Å². The molecule has 2 amide bonds. The molecule has 4 unspecified atom stereocenters. The van der Waals surface area contributed by atoms with Crippen LogP contribution in [-0.4, -0.2) is 92.6 Å². The molecule has 158 valence electrons. The predicted octanol–water partition coefficient (Wildman–Crippen LogP) is 0.0942. The molecular formula is C20H32N2O6. The van der Waals surface area contributed by atoms with Crippen LogP contribution in [0.5, 0.6) is 0 Å². The lowest BCUT2D eigenvalue weighted by atomic mass is 10.1. The van der Waals surface area contributed by atoms with Crippen molar-refractivity contribution in [3.63, 3.8) is 0 Å². The largest absolute Gasteiger partial charge is 0.394 e. The van der Waals surface area contributed by atoms with E-state index in [0.717, 1.165) is 0 Å². The Balaban J connectivity index is 3.12. The summed E-state index contributed by atoms with van der Waals surface area (Å²) in [5.74, 6) is -0.710. The van der Waals surface area contributed by atoms with Crippen molar-refractivity contribution in [3.8, 4) is 0 Å². The maximum absolute atomic E-state index is 12.8. The van der Waals surface area contributed by atoms with Crippen molar-refractivity contribution >= 4 is 11.8 Å². The molecule has 8 nitrogen and oxygen atoms in total. The number of hydrogen-bond acceptors (Lipinski definition) is 6. The van der Waals surface area contributed by atoms with Gasteiger partial charge in [0, 0.05) is 11.1 Å². The van der Waals surface area contributed by atoms with Gasteiger partial charge in [0.05, 0.1) is 50.6 Å². The molecule has 1 aromatic carbocycles. The summed E-state index contributed by atoms with van der Waals surface area (Å²) in [7, 11) is 0. The number of carbonyl (C=O) groups is 2. The van der Waals surface area contributed by atoms with Gasteiger partial charge in [0.1, 0.15) is 0 Å². The lowest BCUT2D eigenvalue weighted by Crippen LogP contribution is -2.48. The molecule has 4 atom stereocenters. The molecule has 0 spiro atoms. The average molecular weight is 396 g/mol. The second kappa shape index (κ2) is 11.1. The van der Waals surface area contributed by atoms with Crippen molar-refractivity contribution in [1.29, 1.82) is 0 Å². The van der Waals surface area contributed by atoms with E-state index in [1.807, 2.05) is 0 Å². The lowest BCUT2D eigenvalue weighted by Gasteiger charge is -2.33. The Morgan fingerprint density at radius 1 is 0.643 bits per heavy atom. The number of nitrogens with zero attached hydrogens (tertiary/aromatic N) is 2. The molecule has 0 aliphatic carbocycles. The Labute approximate surface area is 166 Å². The SMILES string of the molecule is CC(CO)N(C(=O)c1ccc(C(=O)N(C(C)CO)C(C)CO)cc1)C(C)CO. The zero-order valence-corrected chi connectivity index (χ0v) is 16.9. The van der Waals surface area contributed by atoms with Crippen LogP contribution in [-0.2, 0) is 0 Å². The van der Waals surface area contributed by atoms with Gasteiger partial charge in [0.15, 0.2) is 0 Å². The van der Waals surface area contributed by atoms with Crippen LogP contribution in [0.25, 0.3) is 0 Å². The molecule has 0 aromatic heterocycles. The van der Waals surface area contributed by atoms with Crippen molar-refractivity contribution in [3.05, 3.63) is 35.4 Å². The van der Waals surface area contributed by atoms with E-state index < -0.39 is 24.2 Å². The van der Waals surface area contributed by atoms with E-state index in [1.165, 1.54) is 34.1 Å². The summed E-state index contributed by atoms with van der Waals surface area (Å²) >= 11 is 0. The second-order valence-electron chi connectivity index (χ2n) is 7.13. The zero-order chi connectivity index (χ0) is 21.4. The van der Waals surface area contributed by atoms with Gasteiger partial charge >= 0.3 is 0 Å². The normalized spacial score (nSPS) is 15.4. The Morgan fingerprint density at radius 2 is 0.857 bits per heavy atom. The Kier molecular flexibility index (Phi) is 9.54. The molecule has 0 fully saturated rings. The van der Waals surface area contributed by atoms with Crippen molar-refractivity contribution in [2.45, 2.75) is 51.9 Å². The molecule has 0 heterocycles. The van der Waals surface area contributed by atoms with Crippen LogP contribution in [0, 0.1) is 0 Å². The van der Waals surface area contributed by atoms with Crippen LogP contribution in [0.15, 0.2) is 24.3 Å². The van der Waals surface area contributed by atoms with Crippen LogP contribution < -0.4 is 0 Å². The number of rotatable bonds is 10. The summed E-state index contributed by atoms with van der Waals surface area (Å²) < 4.78 is 0. The van der Waals surface area contributed by atoms with E-state index in [-0.39, 0.29) is 38.2 Å². The highest BCUT2D eigenvalue weighted by molar-refractivity contribution is 5.98. The van der Waals surface area contributed by atoms with Gasteiger partial charge in [-0.3, -0.25) is 9.59 Å². The molecule has 1 aromatic rings. The summed E-state index contributed by atoms with van der Waals surface area (Å²) in [4.78, 5) is 28.4. The molecule has 28 heavy (non-hydrogen) atoms. The first kappa shape index (κ1) is 24.0. The molecule has 8 heteroatoms. The summed E-state index contributed by atoms with van der Waals surface area (Å²) in [5.41, 5.74) is 0.656. The zero-order valence-electron chi connectivity index (χ0n) is 16.9. The van der Waals surface area contributed by atoms with Crippen molar-refractivity contribution in [2.75, 3.05) is 26.4 Å². The molecule has 0 saturated carbocycles. The van der Waals surface area contributed by atoms with Crippen molar-refractivity contribution in [2.24, 2.45) is 0 Å². The van der Waals surface area contributed by atoms with Gasteiger partial charge in [-0.25, -0.2) is 0 Å². The number of aliphatic hydroxyl groups is 4. The van der Waals surface area contributed by atoms with Crippen LogP contribution in [0.4, 0.5) is 0 Å². The minimum Gasteiger partial charge on any atom is -0.394 e. The van der Waals surface area contributed by atoms with E-state index in [1.54, 1.807) is 27.7 Å². The Hall–Kier alpha value is -2.00. The van der Waals surface area contributed by atoms with Gasteiger partial charge in [-0.15, -0.1) is 0 Å². The van der Waals surface area contributed by atoms with Gasteiger partial charge < -0.3 is 30.2 Å². The quantitative estimate of drug-likeness (QED) is 0.445. The van der Waals surface area contributed by atoms with E-state index in [9.17, 15) is 30.0 Å². The highest BCUT2D eigenvalue weighted by Gasteiger charge is 2.28. The molecule has 0 bridgehead atoms. The number of aliphatic hydroxyl groups excluding tert-OH is 4. The van der Waals surface area contributed by atoms with E-state index in [0.29, 0.717) is 11.1 Å². The number of amides is 2. The summed E-state index contributed by atoms with van der Waals surface area (Å²) in [5, 5.41) is 37.6. The standard InChI is InChI=1S/C20H32N2O6/c1-13(9-23)21(14(2)10-24)19(27)17-5-7-18(8-6-17)20(28)22(15(3)11-25)16(4)12-26/h5-8,13-16,23-26H,9-12H2,1-4H3. The summed E-state index contributed by atoms with van der Waals surface area (Å²) in [6, 6.07) is 4.18. The topological polar surface area (TPSA) is 122 Å². The van der Waals surface area contributed by atoms with E-state index >= 15 is 0 Å². The number of benzene rings is 1. The monoisotopic (exact) mass is 396 g/mol. The van der Waals surface area contributed by atoms with E-state index in [4.69, 9.17) is 0 Å². The maximum Gasteiger partial charge on any atom is 0.254 e. The molecular weight excluding hydrogens is 364 g/mol. The molecule has 0 radical (unpaired) electrons. The van der Waals surface area contributed by atoms with Gasteiger partial charge in [-0.05, 0) is 52.0 Å². The van der Waals surface area contributed by atoms with Gasteiger partial charge in [0.2, 0.25) is 0 Å². The first-order valence-corrected chi connectivity index (χ1v) is 9.42. The van der Waals surface area contributed by atoms with E-state index in [2.05, 4.69) is 0 Å². The fraction of sp³-hybridized carbons (Fsp3) is 0.600. The smallest absolute Gasteiger partial charge is 0.254 e. The third-order valence-electron chi connectivity index (χ3n) is 4.80. The average Bonchev–Trinajstić information content (AvgIpc) is 2.72. The Bertz CT molecular complexity index is 561. The fourth-order valence-corrected chi connectivity index (χ4v) is 3.07. The first-order valence-electron chi connectivity index (χ1n) is 9.42. The molecule has 0 aliphatic heterocycles. The molecule has 0 aliphatic rings. The molecule has 4 N–H and O–H groups in total. The third-order valence-corrected chi connectivity index (χ3v) is 4.80. The van der Waals surface area contributed by atoms with Crippen LogP contribution in [0.2, 0.25) is 0 Å². The molecule has 1 rings (SSSR count). The summed E-state index contributed by atoms with van der Waals surface area (Å²) in [6.07, 6.45) is 0. The van der Waals surface area contributed by atoms with Crippen LogP contribution in [0.1, 0.15) is 48.4 Å². The summed E-state index contributed by atoms with van der Waals surface area (Å²) in [6.45, 7) is 5.80. The lowest BCUT2D eigenvalue weighted by molar-refractivity contribution is 0.0409. The second-order valence-corrected chi connectivity index (χ2v) is 7.13. The third kappa shape index (κ3) is 5.51. The van der Waals surface area contributed by atoms with Gasteiger partial charge in [0.25, 0.3) is 11.8 Å². The van der Waals surface area contributed by atoms with Crippen LogP contribution >= 0.6 is 0 Å². The highest BCUT2D eigenvalue weighted by Crippen LogP contribution is 2.17. The maximum atomic E-state index is 12.8. The predicted molar refractivity (Wildman–Crippen MR) is 105 cm³/mol.